The summed E-state index contributed by atoms with van der Waals surface area (Å²) in [6, 6.07) is 1.30. The molecule has 1 rings (SSSR count). The zero-order valence-electron chi connectivity index (χ0n) is 22.8. The molecule has 0 heterocycles. The van der Waals surface area contributed by atoms with Crippen molar-refractivity contribution in [2.75, 3.05) is 0 Å². The monoisotopic (exact) mass is 576 g/mol. The maximum absolute atomic E-state index is 13.4. The molecule has 0 radical (unpaired) electrons. The normalized spacial score (nSPS) is 14.1. The summed E-state index contributed by atoms with van der Waals surface area (Å²) in [7, 11) is 0. The molecule has 1 aromatic carbocycles. The lowest BCUT2D eigenvalue weighted by Crippen LogP contribution is -2.17. The van der Waals surface area contributed by atoms with Crippen molar-refractivity contribution in [2.45, 2.75) is 79.3 Å². The van der Waals surface area contributed by atoms with Crippen molar-refractivity contribution < 1.29 is 35.9 Å². The second-order valence-corrected chi connectivity index (χ2v) is 9.54. The third-order valence-electron chi connectivity index (χ3n) is 4.79. The maximum atomic E-state index is 13.4. The van der Waals surface area contributed by atoms with Gasteiger partial charge >= 0.3 is 18.3 Å². The summed E-state index contributed by atoms with van der Waals surface area (Å²) in [4.78, 5) is 13.6. The van der Waals surface area contributed by atoms with Gasteiger partial charge in [0.15, 0.2) is 0 Å². The fraction of sp³-hybridized carbons (Fsp3) is 0.429. The van der Waals surface area contributed by atoms with E-state index in [1.165, 1.54) is 36.1 Å². The van der Waals surface area contributed by atoms with Gasteiger partial charge in [-0.05, 0) is 69.7 Å². The standard InChI is InChI=1S/C28H34F6N2O2S/c1-7-10-11-13-36(18-24(26(37)38-19(4)5)25(12-8-2)39-14-9-3)35-20(6)21-15-22(27(29,30)31)17-23(16-21)28(32,33)34/h9,11-19H,7-8,10H2,1-6H3/b13-11+,14-9-,24-18+,25-12+,35-20+. The third-order valence-corrected chi connectivity index (χ3v) is 5.84. The van der Waals surface area contributed by atoms with E-state index >= 15 is 0 Å². The van der Waals surface area contributed by atoms with Gasteiger partial charge < -0.3 is 4.74 Å². The quantitative estimate of drug-likeness (QED) is 0.0621. The van der Waals surface area contributed by atoms with Crippen molar-refractivity contribution >= 4 is 23.4 Å². The fourth-order valence-electron chi connectivity index (χ4n) is 3.02. The number of rotatable bonds is 12. The molecule has 0 aliphatic heterocycles. The first-order chi connectivity index (χ1) is 18.1. The van der Waals surface area contributed by atoms with Crippen LogP contribution in [0.5, 0.6) is 0 Å². The Morgan fingerprint density at radius 3 is 2.13 bits per heavy atom. The molecule has 1 aromatic rings. The first kappa shape index (κ1) is 34.1. The summed E-state index contributed by atoms with van der Waals surface area (Å²) in [6.07, 6.45) is -0.249. The number of alkyl halides is 6. The lowest BCUT2D eigenvalue weighted by Gasteiger charge is -2.18. The molecule has 0 amide bonds. The van der Waals surface area contributed by atoms with Crippen LogP contribution < -0.4 is 0 Å². The van der Waals surface area contributed by atoms with E-state index in [4.69, 9.17) is 4.74 Å². The molecule has 0 unspecified atom stereocenters. The number of hydrogen-bond donors (Lipinski definition) is 0. The predicted octanol–water partition coefficient (Wildman–Crippen LogP) is 9.46. The van der Waals surface area contributed by atoms with Gasteiger partial charge in [-0.2, -0.15) is 31.4 Å². The number of hydrazone groups is 1. The van der Waals surface area contributed by atoms with Crippen molar-refractivity contribution in [3.63, 3.8) is 0 Å². The highest BCUT2D eigenvalue weighted by molar-refractivity contribution is 8.06. The Balaban J connectivity index is 3.82. The number of carbonyl (C=O) groups excluding carboxylic acids is 1. The lowest BCUT2D eigenvalue weighted by atomic mass is 10.0. The van der Waals surface area contributed by atoms with Crippen LogP contribution in [0.1, 0.15) is 77.5 Å². The van der Waals surface area contributed by atoms with Crippen LogP contribution in [-0.4, -0.2) is 22.8 Å². The molecular weight excluding hydrogens is 542 g/mol. The summed E-state index contributed by atoms with van der Waals surface area (Å²) in [5.74, 6) is -0.651. The SMILES string of the molecule is C/C=C\SC(=C/CC)/C(=C\N(/C=C/CCC)/N=C(\C)c1cc(C(F)(F)F)cc(C(F)(F)F)c1)C(=O)OC(C)C. The lowest BCUT2D eigenvalue weighted by molar-refractivity contribution is -0.144. The number of unbranched alkanes of at least 4 members (excludes halogenated alkanes) is 1. The highest BCUT2D eigenvalue weighted by Gasteiger charge is 2.37. The summed E-state index contributed by atoms with van der Waals surface area (Å²) in [5.41, 5.74) is -3.24. The first-order valence-corrected chi connectivity index (χ1v) is 13.2. The number of halogens is 6. The minimum absolute atomic E-state index is 0.0654. The van der Waals surface area contributed by atoms with E-state index < -0.39 is 35.6 Å². The zero-order chi connectivity index (χ0) is 29.8. The highest BCUT2D eigenvalue weighted by atomic mass is 32.2. The van der Waals surface area contributed by atoms with Gasteiger partial charge in [0, 0.05) is 17.3 Å². The van der Waals surface area contributed by atoms with E-state index in [9.17, 15) is 31.1 Å². The Morgan fingerprint density at radius 2 is 1.67 bits per heavy atom. The van der Waals surface area contributed by atoms with Crippen molar-refractivity contribution in [1.29, 1.82) is 0 Å². The third kappa shape index (κ3) is 11.8. The predicted molar refractivity (Wildman–Crippen MR) is 145 cm³/mol. The molecule has 0 aliphatic rings. The topological polar surface area (TPSA) is 41.9 Å². The molecular formula is C28H34F6N2O2S. The minimum Gasteiger partial charge on any atom is -0.459 e. The molecule has 0 aliphatic carbocycles. The summed E-state index contributed by atoms with van der Waals surface area (Å²) in [5, 5.41) is 7.25. The van der Waals surface area contributed by atoms with Crippen molar-refractivity contribution in [1.82, 2.24) is 5.01 Å². The number of ether oxygens (including phenoxy) is 1. The van der Waals surface area contributed by atoms with Crippen LogP contribution in [0, 0.1) is 0 Å². The molecule has 4 nitrogen and oxygen atoms in total. The van der Waals surface area contributed by atoms with E-state index in [0.29, 0.717) is 29.9 Å². The minimum atomic E-state index is -4.99. The number of esters is 1. The van der Waals surface area contributed by atoms with Crippen molar-refractivity contribution in [3.8, 4) is 0 Å². The van der Waals surface area contributed by atoms with E-state index in [1.807, 2.05) is 26.8 Å². The van der Waals surface area contributed by atoms with Crippen LogP contribution in [0.3, 0.4) is 0 Å². The van der Waals surface area contributed by atoms with Crippen LogP contribution in [0.2, 0.25) is 0 Å². The van der Waals surface area contributed by atoms with Gasteiger partial charge in [-0.25, -0.2) is 9.80 Å². The Kier molecular flexibility index (Phi) is 13.6. The number of allylic oxidation sites excluding steroid dienone is 3. The Morgan fingerprint density at radius 1 is 1.08 bits per heavy atom. The number of carbonyl (C=O) groups is 1. The van der Waals surface area contributed by atoms with Gasteiger partial charge in [0.25, 0.3) is 0 Å². The molecule has 0 bridgehead atoms. The molecule has 0 fully saturated rings. The molecule has 0 saturated heterocycles. The molecule has 0 aromatic heterocycles. The average molecular weight is 577 g/mol. The largest absolute Gasteiger partial charge is 0.459 e. The highest BCUT2D eigenvalue weighted by Crippen LogP contribution is 2.36. The van der Waals surface area contributed by atoms with E-state index in [0.717, 1.165) is 6.42 Å². The van der Waals surface area contributed by atoms with Gasteiger partial charge in [-0.3, -0.25) is 0 Å². The van der Waals surface area contributed by atoms with Gasteiger partial charge in [0.05, 0.1) is 28.5 Å². The number of nitrogens with zero attached hydrogens (tertiary/aromatic N) is 2. The summed E-state index contributed by atoms with van der Waals surface area (Å²) < 4.78 is 85.8. The summed E-state index contributed by atoms with van der Waals surface area (Å²) in [6.45, 7) is 10.3. The first-order valence-electron chi connectivity index (χ1n) is 12.3. The Hall–Kier alpha value is -2.95. The maximum Gasteiger partial charge on any atom is 0.416 e. The zero-order valence-corrected chi connectivity index (χ0v) is 23.6. The van der Waals surface area contributed by atoms with Gasteiger partial charge in [-0.1, -0.05) is 50.3 Å². The van der Waals surface area contributed by atoms with Crippen LogP contribution >= 0.6 is 11.8 Å². The van der Waals surface area contributed by atoms with Crippen LogP contribution in [-0.2, 0) is 21.9 Å². The van der Waals surface area contributed by atoms with Crippen molar-refractivity contribution in [2.24, 2.45) is 5.10 Å². The van der Waals surface area contributed by atoms with Crippen LogP contribution in [0.15, 0.2) is 69.8 Å². The van der Waals surface area contributed by atoms with Gasteiger partial charge in [0.1, 0.15) is 0 Å². The molecule has 0 atom stereocenters. The molecule has 0 spiro atoms. The van der Waals surface area contributed by atoms with Gasteiger partial charge in [0.2, 0.25) is 0 Å². The average Bonchev–Trinajstić information content (AvgIpc) is 2.83. The molecule has 0 saturated carbocycles. The molecule has 39 heavy (non-hydrogen) atoms. The fourth-order valence-corrected chi connectivity index (χ4v) is 3.83. The summed E-state index contributed by atoms with van der Waals surface area (Å²) >= 11 is 1.27. The number of hydrogen-bond acceptors (Lipinski definition) is 5. The smallest absolute Gasteiger partial charge is 0.416 e. The second-order valence-electron chi connectivity index (χ2n) is 8.59. The van der Waals surface area contributed by atoms with Crippen LogP contribution in [0.25, 0.3) is 0 Å². The molecule has 0 N–H and O–H groups in total. The van der Waals surface area contributed by atoms with Crippen molar-refractivity contribution in [3.05, 3.63) is 81.4 Å². The van der Waals surface area contributed by atoms with Gasteiger partial charge in [-0.15, -0.1) is 0 Å². The second kappa shape index (κ2) is 15.6. The number of thioether (sulfide) groups is 1. The Bertz CT molecular complexity index is 1080. The Labute approximate surface area is 230 Å². The number of benzene rings is 1. The molecule has 11 heteroatoms. The molecule has 216 valence electrons. The van der Waals surface area contributed by atoms with Crippen LogP contribution in [0.4, 0.5) is 26.3 Å². The van der Waals surface area contributed by atoms with E-state index in [2.05, 4.69) is 5.10 Å². The van der Waals surface area contributed by atoms with E-state index in [-0.39, 0.29) is 22.9 Å². The van der Waals surface area contributed by atoms with E-state index in [1.54, 1.807) is 31.4 Å².